The van der Waals surface area contributed by atoms with Crippen LogP contribution in [0.1, 0.15) is 20.3 Å². The first kappa shape index (κ1) is 9.20. The molecule has 0 fully saturated rings. The van der Waals surface area contributed by atoms with Crippen molar-refractivity contribution < 1.29 is 9.53 Å². The van der Waals surface area contributed by atoms with Crippen LogP contribution in [0.15, 0.2) is 0 Å². The van der Waals surface area contributed by atoms with Crippen LogP contribution in [0.2, 0.25) is 0 Å². The molecule has 0 aromatic carbocycles. The smallest absolute Gasteiger partial charge is 0.321 e. The average Bonchev–Trinajstić information content (AvgIpc) is 1.86. The van der Waals surface area contributed by atoms with Gasteiger partial charge < -0.3 is 4.74 Å². The van der Waals surface area contributed by atoms with E-state index in [1.807, 2.05) is 13.8 Å². The Balaban J connectivity index is 3.97. The number of carbonyl (C=O) groups excluding carboxylic acids is 1. The van der Waals surface area contributed by atoms with Gasteiger partial charge in [-0.25, -0.2) is 0 Å². The van der Waals surface area contributed by atoms with E-state index in [9.17, 15) is 4.79 Å². The molecule has 0 aliphatic carbocycles. The van der Waals surface area contributed by atoms with Crippen LogP contribution in [-0.2, 0) is 9.53 Å². The van der Waals surface area contributed by atoms with Gasteiger partial charge in [0.25, 0.3) is 0 Å². The lowest BCUT2D eigenvalue weighted by atomic mass is 10.1. The summed E-state index contributed by atoms with van der Waals surface area (Å²) >= 11 is 2.09. The summed E-state index contributed by atoms with van der Waals surface area (Å²) in [5.41, 5.74) is 0. The zero-order chi connectivity index (χ0) is 7.49. The van der Waals surface area contributed by atoms with E-state index in [0.717, 1.165) is 6.42 Å². The summed E-state index contributed by atoms with van der Waals surface area (Å²) in [6.07, 6.45) is 0.806. The number of ether oxygens (including phenoxy) is 1. The Morgan fingerprint density at radius 3 is 2.33 bits per heavy atom. The molecule has 1 atom stereocenters. The summed E-state index contributed by atoms with van der Waals surface area (Å²) in [6, 6.07) is 0. The Hall–Kier alpha value is 0.200. The second-order valence-corrected chi connectivity index (χ2v) is 4.42. The maximum Gasteiger partial charge on any atom is 0.321 e. The van der Waals surface area contributed by atoms with E-state index in [2.05, 4.69) is 27.3 Å². The van der Waals surface area contributed by atoms with Gasteiger partial charge in [0, 0.05) is 0 Å². The Kier molecular flexibility index (Phi) is 3.46. The Bertz CT molecular complexity index is 110. The van der Waals surface area contributed by atoms with E-state index in [0.29, 0.717) is 0 Å². The molecule has 0 amide bonds. The van der Waals surface area contributed by atoms with Crippen LogP contribution < -0.4 is 0 Å². The number of rotatable bonds is 2. The number of hydrogen-bond donors (Lipinski definition) is 0. The molecule has 0 saturated carbocycles. The molecule has 2 nitrogen and oxygen atoms in total. The van der Waals surface area contributed by atoms with Crippen molar-refractivity contribution in [3.63, 3.8) is 0 Å². The van der Waals surface area contributed by atoms with E-state index in [4.69, 9.17) is 0 Å². The van der Waals surface area contributed by atoms with E-state index >= 15 is 0 Å². The molecule has 1 unspecified atom stereocenters. The van der Waals surface area contributed by atoms with Crippen molar-refractivity contribution in [1.29, 1.82) is 0 Å². The first-order valence-electron chi connectivity index (χ1n) is 2.82. The largest absolute Gasteiger partial charge is 0.468 e. The van der Waals surface area contributed by atoms with E-state index < -0.39 is 0 Å². The molecule has 9 heavy (non-hydrogen) atoms. The minimum Gasteiger partial charge on any atom is -0.468 e. The molecule has 0 aliphatic rings. The highest BCUT2D eigenvalue weighted by molar-refractivity contribution is 14.1. The summed E-state index contributed by atoms with van der Waals surface area (Å²) in [5, 5.41) is 0. The predicted octanol–water partition coefficient (Wildman–Crippen LogP) is 1.76. The maximum atomic E-state index is 10.8. The van der Waals surface area contributed by atoms with Gasteiger partial charge in [-0.05, 0) is 13.3 Å². The van der Waals surface area contributed by atoms with Gasteiger partial charge in [-0.2, -0.15) is 0 Å². The summed E-state index contributed by atoms with van der Waals surface area (Å²) in [7, 11) is 1.41. The normalized spacial score (nSPS) is 16.4. The molecule has 0 rings (SSSR count). The quantitative estimate of drug-likeness (QED) is 0.419. The SMILES string of the molecule is CCC(C)(I)C(=O)OC. The second-order valence-electron chi connectivity index (χ2n) is 2.04. The fraction of sp³-hybridized carbons (Fsp3) is 0.833. The fourth-order valence-electron chi connectivity index (χ4n) is 0.357. The van der Waals surface area contributed by atoms with Crippen LogP contribution in [-0.4, -0.2) is 16.5 Å². The first-order chi connectivity index (χ1) is 4.04. The van der Waals surface area contributed by atoms with E-state index in [1.54, 1.807) is 0 Å². The molecule has 3 heteroatoms. The van der Waals surface area contributed by atoms with Crippen molar-refractivity contribution in [2.45, 2.75) is 23.7 Å². The van der Waals surface area contributed by atoms with Gasteiger partial charge in [0.1, 0.15) is 3.42 Å². The van der Waals surface area contributed by atoms with Gasteiger partial charge in [-0.15, -0.1) is 0 Å². The topological polar surface area (TPSA) is 26.3 Å². The highest BCUT2D eigenvalue weighted by Crippen LogP contribution is 2.22. The fourth-order valence-corrected chi connectivity index (χ4v) is 0.577. The number of alkyl halides is 1. The molecule has 0 N–H and O–H groups in total. The predicted molar refractivity (Wildman–Crippen MR) is 44.7 cm³/mol. The Morgan fingerprint density at radius 2 is 2.22 bits per heavy atom. The standard InChI is InChI=1S/C6H11IO2/c1-4-6(2,7)5(8)9-3/h4H2,1-3H3. The van der Waals surface area contributed by atoms with Crippen molar-refractivity contribution in [3.05, 3.63) is 0 Å². The van der Waals surface area contributed by atoms with Gasteiger partial charge in [0.2, 0.25) is 0 Å². The number of hydrogen-bond acceptors (Lipinski definition) is 2. The summed E-state index contributed by atoms with van der Waals surface area (Å²) in [5.74, 6) is -0.148. The number of methoxy groups -OCH3 is 1. The van der Waals surface area contributed by atoms with Crippen LogP contribution in [0.4, 0.5) is 0 Å². The van der Waals surface area contributed by atoms with Gasteiger partial charge in [-0.3, -0.25) is 4.79 Å². The van der Waals surface area contributed by atoms with Crippen LogP contribution in [0.25, 0.3) is 0 Å². The lowest BCUT2D eigenvalue weighted by molar-refractivity contribution is -0.142. The van der Waals surface area contributed by atoms with Crippen molar-refractivity contribution in [2.24, 2.45) is 0 Å². The summed E-state index contributed by atoms with van der Waals surface area (Å²) in [4.78, 5) is 10.8. The molecule has 0 spiro atoms. The van der Waals surface area contributed by atoms with Gasteiger partial charge in [0.15, 0.2) is 0 Å². The van der Waals surface area contributed by atoms with E-state index in [-0.39, 0.29) is 9.39 Å². The Morgan fingerprint density at radius 1 is 1.78 bits per heavy atom. The first-order valence-corrected chi connectivity index (χ1v) is 3.89. The highest BCUT2D eigenvalue weighted by atomic mass is 127. The molecular formula is C6H11IO2. The molecule has 0 radical (unpaired) electrons. The highest BCUT2D eigenvalue weighted by Gasteiger charge is 2.27. The van der Waals surface area contributed by atoms with E-state index in [1.165, 1.54) is 7.11 Å². The molecule has 0 saturated heterocycles. The molecular weight excluding hydrogens is 231 g/mol. The molecule has 0 aromatic heterocycles. The minimum absolute atomic E-state index is 0.148. The van der Waals surface area contributed by atoms with Crippen molar-refractivity contribution in [2.75, 3.05) is 7.11 Å². The zero-order valence-electron chi connectivity index (χ0n) is 5.90. The third-order valence-electron chi connectivity index (χ3n) is 1.27. The average molecular weight is 242 g/mol. The summed E-state index contributed by atoms with van der Waals surface area (Å²) in [6.45, 7) is 3.82. The molecule has 0 aromatic rings. The number of halogens is 1. The molecule has 0 aliphatic heterocycles. The minimum atomic E-state index is -0.341. The maximum absolute atomic E-state index is 10.8. The van der Waals surface area contributed by atoms with Crippen LogP contribution in [0, 0.1) is 0 Å². The van der Waals surface area contributed by atoms with Crippen LogP contribution >= 0.6 is 22.6 Å². The lowest BCUT2D eigenvalue weighted by Gasteiger charge is -2.15. The number of carbonyl (C=O) groups is 1. The van der Waals surface area contributed by atoms with Crippen molar-refractivity contribution in [1.82, 2.24) is 0 Å². The van der Waals surface area contributed by atoms with Gasteiger partial charge >= 0.3 is 5.97 Å². The lowest BCUT2D eigenvalue weighted by Crippen LogP contribution is -2.28. The van der Waals surface area contributed by atoms with Crippen molar-refractivity contribution >= 4 is 28.6 Å². The molecule has 54 valence electrons. The molecule has 0 heterocycles. The zero-order valence-corrected chi connectivity index (χ0v) is 8.06. The number of esters is 1. The molecule has 0 bridgehead atoms. The van der Waals surface area contributed by atoms with Gasteiger partial charge in [-0.1, -0.05) is 29.5 Å². The van der Waals surface area contributed by atoms with Gasteiger partial charge in [0.05, 0.1) is 7.11 Å². The third-order valence-corrected chi connectivity index (χ3v) is 2.48. The van der Waals surface area contributed by atoms with Crippen LogP contribution in [0.5, 0.6) is 0 Å². The van der Waals surface area contributed by atoms with Crippen molar-refractivity contribution in [3.8, 4) is 0 Å². The third kappa shape index (κ3) is 2.51. The monoisotopic (exact) mass is 242 g/mol. The van der Waals surface area contributed by atoms with Crippen LogP contribution in [0.3, 0.4) is 0 Å². The summed E-state index contributed by atoms with van der Waals surface area (Å²) < 4.78 is 4.22. The Labute approximate surface area is 69.1 Å². The second kappa shape index (κ2) is 3.39.